The highest BCUT2D eigenvalue weighted by atomic mass is 32.2. The maximum absolute atomic E-state index is 14.0. The van der Waals surface area contributed by atoms with Gasteiger partial charge in [-0.1, -0.05) is 36.0 Å². The highest BCUT2D eigenvalue weighted by Gasteiger charge is 2.21. The van der Waals surface area contributed by atoms with Crippen molar-refractivity contribution in [2.45, 2.75) is 22.9 Å². The molecule has 0 aliphatic rings. The average molecular weight is 366 g/mol. The number of rotatable bonds is 5. The maximum atomic E-state index is 14.0. The molecule has 0 saturated heterocycles. The molecule has 0 fully saturated rings. The third-order valence-corrected chi connectivity index (χ3v) is 5.18. The van der Waals surface area contributed by atoms with E-state index in [0.717, 1.165) is 9.92 Å². The lowest BCUT2D eigenvalue weighted by Gasteiger charge is -2.25. The van der Waals surface area contributed by atoms with Crippen LogP contribution in [0.3, 0.4) is 0 Å². The van der Waals surface area contributed by atoms with Gasteiger partial charge in [0.25, 0.3) is 5.91 Å². The van der Waals surface area contributed by atoms with E-state index < -0.39 is 0 Å². The number of hydrogen-bond donors (Lipinski definition) is 0. The summed E-state index contributed by atoms with van der Waals surface area (Å²) in [7, 11) is 1.69. The summed E-state index contributed by atoms with van der Waals surface area (Å²) in [6, 6.07) is 19.3. The van der Waals surface area contributed by atoms with Gasteiger partial charge in [0, 0.05) is 29.3 Å². The number of benzene rings is 2. The van der Waals surface area contributed by atoms with Crippen LogP contribution in [-0.4, -0.2) is 22.8 Å². The number of amides is 1. The largest absolute Gasteiger partial charge is 0.335 e. The fraction of sp³-hybridized carbons (Fsp3) is 0.143. The first kappa shape index (κ1) is 18.1. The van der Waals surface area contributed by atoms with Crippen LogP contribution in [0.25, 0.3) is 0 Å². The molecule has 0 aliphatic heterocycles. The fourth-order valence-corrected chi connectivity index (χ4v) is 3.37. The van der Waals surface area contributed by atoms with E-state index in [1.165, 1.54) is 17.8 Å². The standard InChI is InChI=1S/C21H19FN2OS/c1-15(18-7-3-4-8-19(18)22)24(2)21(25)16-10-12-17(13-11-16)26-20-9-5-6-14-23-20/h3-15H,1-2H3. The first-order valence-corrected chi connectivity index (χ1v) is 9.08. The smallest absolute Gasteiger partial charge is 0.254 e. The molecular weight excluding hydrogens is 347 g/mol. The van der Waals surface area contributed by atoms with E-state index in [4.69, 9.17) is 0 Å². The predicted molar refractivity (Wildman–Crippen MR) is 102 cm³/mol. The van der Waals surface area contributed by atoms with Crippen LogP contribution in [0.15, 0.2) is 82.8 Å². The number of aromatic nitrogens is 1. The van der Waals surface area contributed by atoms with Crippen LogP contribution in [0.4, 0.5) is 4.39 Å². The van der Waals surface area contributed by atoms with E-state index in [1.807, 2.05) is 37.3 Å². The van der Waals surface area contributed by atoms with Gasteiger partial charge < -0.3 is 4.90 Å². The van der Waals surface area contributed by atoms with Crippen molar-refractivity contribution in [2.75, 3.05) is 7.05 Å². The Balaban J connectivity index is 1.72. The van der Waals surface area contributed by atoms with Crippen molar-refractivity contribution in [1.29, 1.82) is 0 Å². The first-order valence-electron chi connectivity index (χ1n) is 8.27. The summed E-state index contributed by atoms with van der Waals surface area (Å²) in [4.78, 5) is 19.6. The molecule has 0 saturated carbocycles. The lowest BCUT2D eigenvalue weighted by atomic mass is 10.1. The molecule has 1 heterocycles. The predicted octanol–water partition coefficient (Wildman–Crippen LogP) is 5.21. The van der Waals surface area contributed by atoms with Gasteiger partial charge in [-0.3, -0.25) is 4.79 Å². The lowest BCUT2D eigenvalue weighted by molar-refractivity contribution is 0.0740. The van der Waals surface area contributed by atoms with Crippen molar-refractivity contribution in [3.05, 3.63) is 89.9 Å². The van der Waals surface area contributed by atoms with Crippen LogP contribution < -0.4 is 0 Å². The zero-order chi connectivity index (χ0) is 18.5. The molecule has 0 bridgehead atoms. The normalized spacial score (nSPS) is 11.8. The Morgan fingerprint density at radius 3 is 2.38 bits per heavy atom. The maximum Gasteiger partial charge on any atom is 0.254 e. The summed E-state index contributed by atoms with van der Waals surface area (Å²) in [5, 5.41) is 0.900. The van der Waals surface area contributed by atoms with E-state index in [-0.39, 0.29) is 17.8 Å². The van der Waals surface area contributed by atoms with Crippen LogP contribution in [-0.2, 0) is 0 Å². The molecule has 3 nitrogen and oxygen atoms in total. The zero-order valence-corrected chi connectivity index (χ0v) is 15.4. The van der Waals surface area contributed by atoms with Crippen LogP contribution in [0.2, 0.25) is 0 Å². The average Bonchev–Trinajstić information content (AvgIpc) is 2.68. The van der Waals surface area contributed by atoms with Crippen LogP contribution in [0.1, 0.15) is 28.9 Å². The second-order valence-corrected chi connectivity index (χ2v) is 7.00. The Labute approximate surface area is 156 Å². The second kappa shape index (κ2) is 8.15. The second-order valence-electron chi connectivity index (χ2n) is 5.91. The molecule has 132 valence electrons. The van der Waals surface area contributed by atoms with E-state index in [1.54, 1.807) is 48.5 Å². The molecule has 0 radical (unpaired) electrons. The summed E-state index contributed by atoms with van der Waals surface area (Å²) in [6.07, 6.45) is 1.75. The SMILES string of the molecule is CC(c1ccccc1F)N(C)C(=O)c1ccc(Sc2ccccn2)cc1. The van der Waals surface area contributed by atoms with E-state index in [2.05, 4.69) is 4.98 Å². The fourth-order valence-electron chi connectivity index (χ4n) is 2.60. The summed E-state index contributed by atoms with van der Waals surface area (Å²) in [5.74, 6) is -0.447. The topological polar surface area (TPSA) is 33.2 Å². The Hall–Kier alpha value is -2.66. The first-order chi connectivity index (χ1) is 12.6. The van der Waals surface area contributed by atoms with Crippen LogP contribution >= 0.6 is 11.8 Å². The molecule has 1 amide bonds. The van der Waals surface area contributed by atoms with Crippen molar-refractivity contribution in [3.63, 3.8) is 0 Å². The van der Waals surface area contributed by atoms with Crippen molar-refractivity contribution >= 4 is 17.7 Å². The zero-order valence-electron chi connectivity index (χ0n) is 14.6. The molecule has 0 aliphatic carbocycles. The highest BCUT2D eigenvalue weighted by molar-refractivity contribution is 7.99. The van der Waals surface area contributed by atoms with Crippen molar-refractivity contribution in [1.82, 2.24) is 9.88 Å². The van der Waals surface area contributed by atoms with Gasteiger partial charge in [0.1, 0.15) is 10.8 Å². The van der Waals surface area contributed by atoms with Crippen LogP contribution in [0.5, 0.6) is 0 Å². The lowest BCUT2D eigenvalue weighted by Crippen LogP contribution is -2.30. The summed E-state index contributed by atoms with van der Waals surface area (Å²) >= 11 is 1.54. The molecule has 0 N–H and O–H groups in total. The molecule has 0 spiro atoms. The number of hydrogen-bond acceptors (Lipinski definition) is 3. The minimum absolute atomic E-state index is 0.143. The quantitative estimate of drug-likeness (QED) is 0.622. The van der Waals surface area contributed by atoms with Gasteiger partial charge in [0.05, 0.1) is 6.04 Å². The Morgan fingerprint density at radius 1 is 1.04 bits per heavy atom. The van der Waals surface area contributed by atoms with Gasteiger partial charge in [-0.2, -0.15) is 0 Å². The number of pyridine rings is 1. The van der Waals surface area contributed by atoms with Gasteiger partial charge in [0.15, 0.2) is 0 Å². The Morgan fingerprint density at radius 2 is 1.73 bits per heavy atom. The molecule has 1 aromatic heterocycles. The van der Waals surface area contributed by atoms with Gasteiger partial charge in [-0.25, -0.2) is 9.37 Å². The molecule has 3 aromatic rings. The molecule has 2 aromatic carbocycles. The van der Waals surface area contributed by atoms with Gasteiger partial charge >= 0.3 is 0 Å². The summed E-state index contributed by atoms with van der Waals surface area (Å²) in [5.41, 5.74) is 1.08. The summed E-state index contributed by atoms with van der Waals surface area (Å²) in [6.45, 7) is 1.82. The summed E-state index contributed by atoms with van der Waals surface area (Å²) < 4.78 is 14.0. The number of halogens is 1. The third kappa shape index (κ3) is 4.11. The molecule has 1 unspecified atom stereocenters. The molecular formula is C21H19FN2OS. The third-order valence-electron chi connectivity index (χ3n) is 4.22. The van der Waals surface area contributed by atoms with Crippen molar-refractivity contribution in [2.24, 2.45) is 0 Å². The molecule has 26 heavy (non-hydrogen) atoms. The van der Waals surface area contributed by atoms with Crippen molar-refractivity contribution in [3.8, 4) is 0 Å². The van der Waals surface area contributed by atoms with E-state index >= 15 is 0 Å². The monoisotopic (exact) mass is 366 g/mol. The van der Waals surface area contributed by atoms with E-state index in [0.29, 0.717) is 11.1 Å². The molecule has 3 rings (SSSR count). The van der Waals surface area contributed by atoms with Gasteiger partial charge in [-0.05, 0) is 49.4 Å². The number of nitrogens with zero attached hydrogens (tertiary/aromatic N) is 2. The number of carbonyl (C=O) groups is 1. The Kier molecular flexibility index (Phi) is 5.68. The molecule has 5 heteroatoms. The molecule has 1 atom stereocenters. The van der Waals surface area contributed by atoms with Gasteiger partial charge in [0.2, 0.25) is 0 Å². The van der Waals surface area contributed by atoms with E-state index in [9.17, 15) is 9.18 Å². The Bertz CT molecular complexity index is 884. The van der Waals surface area contributed by atoms with Gasteiger partial charge in [-0.15, -0.1) is 0 Å². The minimum Gasteiger partial charge on any atom is -0.335 e. The number of carbonyl (C=O) groups excluding carboxylic acids is 1. The minimum atomic E-state index is -0.355. The van der Waals surface area contributed by atoms with Crippen molar-refractivity contribution < 1.29 is 9.18 Å². The highest BCUT2D eigenvalue weighted by Crippen LogP contribution is 2.27. The van der Waals surface area contributed by atoms with Crippen LogP contribution in [0, 0.1) is 5.82 Å².